The molecule has 0 fully saturated rings. The Morgan fingerprint density at radius 2 is 1.33 bits per heavy atom. The molecule has 15 heavy (non-hydrogen) atoms. The SMILES string of the molecule is Nc1c(F)cccc1-c1ccccc1F. The minimum absolute atomic E-state index is 0.0254. The number of nitrogen functional groups attached to an aromatic ring is 1. The zero-order chi connectivity index (χ0) is 10.8. The number of hydrogen-bond acceptors (Lipinski definition) is 1. The van der Waals surface area contributed by atoms with Gasteiger partial charge in [0, 0.05) is 11.1 Å². The summed E-state index contributed by atoms with van der Waals surface area (Å²) in [7, 11) is 0. The Balaban J connectivity index is 2.65. The normalized spacial score (nSPS) is 10.3. The van der Waals surface area contributed by atoms with Gasteiger partial charge in [-0.3, -0.25) is 0 Å². The predicted molar refractivity (Wildman–Crippen MR) is 56.2 cm³/mol. The molecule has 0 unspecified atom stereocenters. The van der Waals surface area contributed by atoms with Crippen LogP contribution in [-0.2, 0) is 0 Å². The molecule has 1 nitrogen and oxygen atoms in total. The Labute approximate surface area is 86.2 Å². The van der Waals surface area contributed by atoms with Gasteiger partial charge >= 0.3 is 0 Å². The van der Waals surface area contributed by atoms with E-state index in [1.54, 1.807) is 24.3 Å². The molecule has 0 amide bonds. The highest BCUT2D eigenvalue weighted by Gasteiger charge is 2.09. The van der Waals surface area contributed by atoms with E-state index in [2.05, 4.69) is 0 Å². The van der Waals surface area contributed by atoms with Gasteiger partial charge in [0.15, 0.2) is 0 Å². The highest BCUT2D eigenvalue weighted by atomic mass is 19.1. The third-order valence-corrected chi connectivity index (χ3v) is 2.22. The van der Waals surface area contributed by atoms with E-state index in [9.17, 15) is 8.78 Å². The van der Waals surface area contributed by atoms with Crippen molar-refractivity contribution in [2.24, 2.45) is 0 Å². The van der Waals surface area contributed by atoms with Gasteiger partial charge in [-0.05, 0) is 12.1 Å². The van der Waals surface area contributed by atoms with Crippen LogP contribution < -0.4 is 5.73 Å². The van der Waals surface area contributed by atoms with E-state index in [0.29, 0.717) is 11.1 Å². The summed E-state index contributed by atoms with van der Waals surface area (Å²) < 4.78 is 26.6. The number of benzene rings is 2. The first-order chi connectivity index (χ1) is 7.20. The van der Waals surface area contributed by atoms with E-state index < -0.39 is 11.6 Å². The molecular formula is C12H9F2N. The van der Waals surface area contributed by atoms with Crippen LogP contribution in [0.2, 0.25) is 0 Å². The Morgan fingerprint density at radius 1 is 0.733 bits per heavy atom. The molecule has 3 heteroatoms. The lowest BCUT2D eigenvalue weighted by Gasteiger charge is -2.07. The zero-order valence-corrected chi connectivity index (χ0v) is 7.87. The summed E-state index contributed by atoms with van der Waals surface area (Å²) in [6, 6.07) is 10.5. The number of hydrogen-bond donors (Lipinski definition) is 1. The van der Waals surface area contributed by atoms with E-state index in [1.165, 1.54) is 18.2 Å². The third kappa shape index (κ3) is 1.68. The maximum absolute atomic E-state index is 13.4. The molecule has 0 aliphatic carbocycles. The van der Waals surface area contributed by atoms with Gasteiger partial charge in [-0.1, -0.05) is 30.3 Å². The predicted octanol–water partition coefficient (Wildman–Crippen LogP) is 3.21. The van der Waals surface area contributed by atoms with Crippen LogP contribution in [0.4, 0.5) is 14.5 Å². The fraction of sp³-hybridized carbons (Fsp3) is 0. The lowest BCUT2D eigenvalue weighted by Crippen LogP contribution is -1.95. The number of halogens is 2. The summed E-state index contributed by atoms with van der Waals surface area (Å²) >= 11 is 0. The van der Waals surface area contributed by atoms with Crippen molar-refractivity contribution in [2.75, 3.05) is 5.73 Å². The maximum Gasteiger partial charge on any atom is 0.146 e. The Bertz CT molecular complexity index is 495. The second-order valence-corrected chi connectivity index (χ2v) is 3.18. The first kappa shape index (κ1) is 9.65. The summed E-state index contributed by atoms with van der Waals surface area (Å²) in [6.07, 6.45) is 0. The molecule has 2 aromatic carbocycles. The number of anilines is 1. The average Bonchev–Trinajstić information content (AvgIpc) is 2.23. The molecule has 0 spiro atoms. The van der Waals surface area contributed by atoms with Crippen LogP contribution in [-0.4, -0.2) is 0 Å². The summed E-state index contributed by atoms with van der Waals surface area (Å²) in [4.78, 5) is 0. The minimum Gasteiger partial charge on any atom is -0.396 e. The van der Waals surface area contributed by atoms with Crippen LogP contribution in [0.15, 0.2) is 42.5 Å². The van der Waals surface area contributed by atoms with Crippen LogP contribution in [0.25, 0.3) is 11.1 Å². The van der Waals surface area contributed by atoms with Crippen molar-refractivity contribution in [3.63, 3.8) is 0 Å². The zero-order valence-electron chi connectivity index (χ0n) is 7.87. The van der Waals surface area contributed by atoms with Crippen molar-refractivity contribution in [3.8, 4) is 11.1 Å². The highest BCUT2D eigenvalue weighted by molar-refractivity contribution is 5.76. The van der Waals surface area contributed by atoms with E-state index in [-0.39, 0.29) is 5.69 Å². The average molecular weight is 205 g/mol. The van der Waals surface area contributed by atoms with Gasteiger partial charge in [-0.25, -0.2) is 8.78 Å². The molecule has 0 aliphatic heterocycles. The van der Waals surface area contributed by atoms with Crippen LogP contribution in [0, 0.1) is 11.6 Å². The highest BCUT2D eigenvalue weighted by Crippen LogP contribution is 2.29. The van der Waals surface area contributed by atoms with E-state index >= 15 is 0 Å². The second kappa shape index (κ2) is 3.69. The molecule has 0 aromatic heterocycles. The molecule has 0 saturated carbocycles. The summed E-state index contributed by atoms with van der Waals surface area (Å²) in [5.41, 5.74) is 6.21. The third-order valence-electron chi connectivity index (χ3n) is 2.22. The van der Waals surface area contributed by atoms with Gasteiger partial charge in [0.25, 0.3) is 0 Å². The number of nitrogens with two attached hydrogens (primary N) is 1. The summed E-state index contributed by atoms with van der Waals surface area (Å²) in [5.74, 6) is -0.939. The largest absolute Gasteiger partial charge is 0.396 e. The first-order valence-corrected chi connectivity index (χ1v) is 4.49. The van der Waals surface area contributed by atoms with E-state index in [4.69, 9.17) is 5.73 Å². The number of para-hydroxylation sites is 1. The smallest absolute Gasteiger partial charge is 0.146 e. The Kier molecular flexibility index (Phi) is 2.37. The number of rotatable bonds is 1. The molecule has 0 bridgehead atoms. The Morgan fingerprint density at radius 3 is 2.07 bits per heavy atom. The Hall–Kier alpha value is -1.90. The van der Waals surface area contributed by atoms with E-state index in [1.807, 2.05) is 0 Å². The molecule has 0 aliphatic rings. The van der Waals surface area contributed by atoms with Gasteiger partial charge in [0.05, 0.1) is 5.69 Å². The van der Waals surface area contributed by atoms with Crippen molar-refractivity contribution in [1.82, 2.24) is 0 Å². The van der Waals surface area contributed by atoms with Crippen molar-refractivity contribution in [2.45, 2.75) is 0 Å². The van der Waals surface area contributed by atoms with Crippen molar-refractivity contribution < 1.29 is 8.78 Å². The summed E-state index contributed by atoms with van der Waals surface area (Å²) in [6.45, 7) is 0. The van der Waals surface area contributed by atoms with Crippen LogP contribution in [0.5, 0.6) is 0 Å². The van der Waals surface area contributed by atoms with Crippen molar-refractivity contribution >= 4 is 5.69 Å². The summed E-state index contributed by atoms with van der Waals surface area (Å²) in [5, 5.41) is 0. The van der Waals surface area contributed by atoms with Gasteiger partial charge in [-0.15, -0.1) is 0 Å². The minimum atomic E-state index is -0.532. The fourth-order valence-electron chi connectivity index (χ4n) is 1.45. The van der Waals surface area contributed by atoms with Crippen LogP contribution in [0.1, 0.15) is 0 Å². The van der Waals surface area contributed by atoms with Gasteiger partial charge < -0.3 is 5.73 Å². The molecule has 2 aromatic rings. The molecule has 0 atom stereocenters. The van der Waals surface area contributed by atoms with Crippen LogP contribution >= 0.6 is 0 Å². The molecule has 0 heterocycles. The molecule has 0 radical (unpaired) electrons. The van der Waals surface area contributed by atoms with Gasteiger partial charge in [0.1, 0.15) is 11.6 Å². The van der Waals surface area contributed by atoms with E-state index in [0.717, 1.165) is 0 Å². The van der Waals surface area contributed by atoms with Gasteiger partial charge in [-0.2, -0.15) is 0 Å². The first-order valence-electron chi connectivity index (χ1n) is 4.49. The standard InChI is InChI=1S/C12H9F2N/c13-10-6-2-1-4-8(10)9-5-3-7-11(14)12(9)15/h1-7H,15H2. The monoisotopic (exact) mass is 205 g/mol. The molecule has 76 valence electrons. The molecule has 0 saturated heterocycles. The fourth-order valence-corrected chi connectivity index (χ4v) is 1.45. The quantitative estimate of drug-likeness (QED) is 0.711. The van der Waals surface area contributed by atoms with Crippen LogP contribution in [0.3, 0.4) is 0 Å². The second-order valence-electron chi connectivity index (χ2n) is 3.18. The molecular weight excluding hydrogens is 196 g/mol. The lowest BCUT2D eigenvalue weighted by molar-refractivity contribution is 0.627. The van der Waals surface area contributed by atoms with Gasteiger partial charge in [0.2, 0.25) is 0 Å². The lowest BCUT2D eigenvalue weighted by atomic mass is 10.0. The van der Waals surface area contributed by atoms with Crippen molar-refractivity contribution in [3.05, 3.63) is 54.1 Å². The molecule has 2 N–H and O–H groups in total. The molecule has 2 rings (SSSR count). The van der Waals surface area contributed by atoms with Crippen molar-refractivity contribution in [1.29, 1.82) is 0 Å². The topological polar surface area (TPSA) is 26.0 Å². The maximum atomic E-state index is 13.4.